The molecule has 15 heavy (non-hydrogen) atoms. The van der Waals surface area contributed by atoms with Crippen LogP contribution in [0.5, 0.6) is 0 Å². The molecule has 5 nitrogen and oxygen atoms in total. The molecular weight excluding hydrogens is 196 g/mol. The van der Waals surface area contributed by atoms with E-state index in [1.165, 1.54) is 7.05 Å². The van der Waals surface area contributed by atoms with Crippen LogP contribution in [0.3, 0.4) is 0 Å². The van der Waals surface area contributed by atoms with Gasteiger partial charge < -0.3 is 5.32 Å². The summed E-state index contributed by atoms with van der Waals surface area (Å²) in [5.74, 6) is -0.678. The first-order valence-electron chi connectivity index (χ1n) is 4.42. The van der Waals surface area contributed by atoms with Gasteiger partial charge in [-0.25, -0.2) is 5.48 Å². The normalized spacial score (nSPS) is 9.40. The van der Waals surface area contributed by atoms with Crippen molar-refractivity contribution in [1.82, 2.24) is 10.8 Å². The van der Waals surface area contributed by atoms with E-state index in [2.05, 4.69) is 10.8 Å². The molecule has 1 rings (SSSR count). The number of benzene rings is 1. The molecule has 0 aliphatic heterocycles. The fourth-order valence-electron chi connectivity index (χ4n) is 0.888. The van der Waals surface area contributed by atoms with Crippen LogP contribution in [0.15, 0.2) is 30.3 Å². The number of nitrogens with one attached hydrogen (secondary N) is 2. The van der Waals surface area contributed by atoms with Gasteiger partial charge in [0, 0.05) is 12.6 Å². The predicted octanol–water partition coefficient (Wildman–Crippen LogP) is 0.0940. The minimum atomic E-state index is -0.375. The monoisotopic (exact) mass is 208 g/mol. The summed E-state index contributed by atoms with van der Waals surface area (Å²) in [5.41, 5.74) is 2.65. The van der Waals surface area contributed by atoms with E-state index in [0.29, 0.717) is 5.56 Å². The molecule has 1 aromatic rings. The van der Waals surface area contributed by atoms with Gasteiger partial charge in [-0.1, -0.05) is 18.2 Å². The van der Waals surface area contributed by atoms with Gasteiger partial charge in [-0.05, 0) is 12.1 Å². The maximum Gasteiger partial charge on any atom is 0.274 e. The Kier molecular flexibility index (Phi) is 4.30. The van der Waals surface area contributed by atoms with E-state index in [1.54, 1.807) is 24.3 Å². The second kappa shape index (κ2) is 5.77. The van der Waals surface area contributed by atoms with Crippen LogP contribution in [0.4, 0.5) is 0 Å². The summed E-state index contributed by atoms with van der Waals surface area (Å²) in [5, 5.41) is 2.36. The predicted molar refractivity (Wildman–Crippen MR) is 53.9 cm³/mol. The molecule has 0 spiro atoms. The molecule has 0 heterocycles. The molecule has 0 atom stereocenters. The van der Waals surface area contributed by atoms with Crippen LogP contribution in [0.2, 0.25) is 0 Å². The van der Waals surface area contributed by atoms with Gasteiger partial charge in [0.2, 0.25) is 5.91 Å². The maximum atomic E-state index is 11.3. The molecule has 2 N–H and O–H groups in total. The second-order valence-electron chi connectivity index (χ2n) is 2.76. The lowest BCUT2D eigenvalue weighted by molar-refractivity contribution is -0.126. The number of likely N-dealkylation sites (N-methyl/N-ethyl adjacent to an activating group) is 1. The molecule has 2 amide bonds. The summed E-state index contributed by atoms with van der Waals surface area (Å²) >= 11 is 0. The highest BCUT2D eigenvalue weighted by atomic mass is 16.7. The zero-order valence-electron chi connectivity index (χ0n) is 8.32. The lowest BCUT2D eigenvalue weighted by Gasteiger charge is -2.04. The van der Waals surface area contributed by atoms with Gasteiger partial charge in [-0.3, -0.25) is 14.4 Å². The van der Waals surface area contributed by atoms with E-state index in [0.717, 1.165) is 0 Å². The van der Waals surface area contributed by atoms with E-state index in [9.17, 15) is 9.59 Å². The van der Waals surface area contributed by atoms with Gasteiger partial charge in [0.15, 0.2) is 6.61 Å². The summed E-state index contributed by atoms with van der Waals surface area (Å²) in [6.45, 7) is -0.199. The van der Waals surface area contributed by atoms with Crippen LogP contribution in [-0.4, -0.2) is 25.5 Å². The minimum absolute atomic E-state index is 0.199. The van der Waals surface area contributed by atoms with Gasteiger partial charge >= 0.3 is 0 Å². The fraction of sp³-hybridized carbons (Fsp3) is 0.200. The SMILES string of the molecule is CNC(=O)CONC(=O)c1ccccc1. The highest BCUT2D eigenvalue weighted by Crippen LogP contribution is 1.97. The molecule has 0 unspecified atom stereocenters. The van der Waals surface area contributed by atoms with Gasteiger partial charge in [-0.15, -0.1) is 0 Å². The van der Waals surface area contributed by atoms with Crippen molar-refractivity contribution in [2.24, 2.45) is 0 Å². The topological polar surface area (TPSA) is 67.4 Å². The molecule has 0 saturated carbocycles. The Balaban J connectivity index is 2.34. The number of hydroxylamine groups is 1. The summed E-state index contributed by atoms with van der Waals surface area (Å²) in [7, 11) is 1.49. The Hall–Kier alpha value is -1.88. The smallest absolute Gasteiger partial charge is 0.274 e. The Morgan fingerprint density at radius 1 is 1.27 bits per heavy atom. The molecule has 0 aliphatic carbocycles. The Morgan fingerprint density at radius 2 is 1.93 bits per heavy atom. The van der Waals surface area contributed by atoms with Gasteiger partial charge in [0.05, 0.1) is 0 Å². The van der Waals surface area contributed by atoms with Gasteiger partial charge in [0.1, 0.15) is 0 Å². The average molecular weight is 208 g/mol. The van der Waals surface area contributed by atoms with E-state index in [-0.39, 0.29) is 18.4 Å². The first kappa shape index (κ1) is 11.2. The standard InChI is InChI=1S/C10H12N2O3/c1-11-9(13)7-15-12-10(14)8-5-3-2-4-6-8/h2-6H,7H2,1H3,(H,11,13)(H,12,14). The van der Waals surface area contributed by atoms with Crippen molar-refractivity contribution in [3.63, 3.8) is 0 Å². The molecule has 80 valence electrons. The van der Waals surface area contributed by atoms with Crippen molar-refractivity contribution in [2.45, 2.75) is 0 Å². The molecule has 0 fully saturated rings. The van der Waals surface area contributed by atoms with Crippen LogP contribution in [0, 0.1) is 0 Å². The lowest BCUT2D eigenvalue weighted by Crippen LogP contribution is -2.31. The minimum Gasteiger partial charge on any atom is -0.357 e. The van der Waals surface area contributed by atoms with Crippen LogP contribution in [0.1, 0.15) is 10.4 Å². The first-order chi connectivity index (χ1) is 7.24. The van der Waals surface area contributed by atoms with Crippen molar-refractivity contribution >= 4 is 11.8 Å². The van der Waals surface area contributed by atoms with Crippen molar-refractivity contribution in [3.8, 4) is 0 Å². The summed E-state index contributed by atoms with van der Waals surface area (Å²) in [4.78, 5) is 26.8. The largest absolute Gasteiger partial charge is 0.357 e. The number of carbonyl (C=O) groups is 2. The molecule has 0 aliphatic rings. The van der Waals surface area contributed by atoms with Crippen molar-refractivity contribution < 1.29 is 14.4 Å². The van der Waals surface area contributed by atoms with Crippen LogP contribution in [0.25, 0.3) is 0 Å². The van der Waals surface area contributed by atoms with Crippen molar-refractivity contribution in [1.29, 1.82) is 0 Å². The molecule has 0 saturated heterocycles. The number of hydrogen-bond acceptors (Lipinski definition) is 3. The number of carbonyl (C=O) groups excluding carboxylic acids is 2. The van der Waals surface area contributed by atoms with Gasteiger partial charge in [0.25, 0.3) is 5.91 Å². The fourth-order valence-corrected chi connectivity index (χ4v) is 0.888. The van der Waals surface area contributed by atoms with Gasteiger partial charge in [-0.2, -0.15) is 0 Å². The molecule has 0 radical (unpaired) electrons. The first-order valence-corrected chi connectivity index (χ1v) is 4.42. The Bertz CT molecular complexity index is 338. The maximum absolute atomic E-state index is 11.3. The van der Waals surface area contributed by atoms with E-state index in [1.807, 2.05) is 6.07 Å². The second-order valence-corrected chi connectivity index (χ2v) is 2.76. The third-order valence-electron chi connectivity index (χ3n) is 1.68. The highest BCUT2D eigenvalue weighted by Gasteiger charge is 2.04. The van der Waals surface area contributed by atoms with E-state index in [4.69, 9.17) is 4.84 Å². The van der Waals surface area contributed by atoms with Crippen LogP contribution in [-0.2, 0) is 9.63 Å². The molecule has 0 bridgehead atoms. The zero-order valence-corrected chi connectivity index (χ0v) is 8.32. The molecule has 1 aromatic carbocycles. The highest BCUT2D eigenvalue weighted by molar-refractivity contribution is 5.93. The number of amides is 2. The van der Waals surface area contributed by atoms with Crippen molar-refractivity contribution in [2.75, 3.05) is 13.7 Å². The summed E-state index contributed by atoms with van der Waals surface area (Å²) < 4.78 is 0. The number of rotatable bonds is 4. The Labute approximate surface area is 87.4 Å². The molecular formula is C10H12N2O3. The van der Waals surface area contributed by atoms with E-state index < -0.39 is 0 Å². The quantitative estimate of drug-likeness (QED) is 0.689. The summed E-state index contributed by atoms with van der Waals surface area (Å²) in [6, 6.07) is 8.60. The third-order valence-corrected chi connectivity index (χ3v) is 1.68. The zero-order chi connectivity index (χ0) is 11.1. The van der Waals surface area contributed by atoms with Crippen LogP contribution < -0.4 is 10.8 Å². The lowest BCUT2D eigenvalue weighted by atomic mass is 10.2. The third kappa shape index (κ3) is 3.78. The van der Waals surface area contributed by atoms with E-state index >= 15 is 0 Å². The summed E-state index contributed by atoms with van der Waals surface area (Å²) in [6.07, 6.45) is 0. The molecule has 0 aromatic heterocycles. The Morgan fingerprint density at radius 3 is 2.53 bits per heavy atom. The van der Waals surface area contributed by atoms with Crippen molar-refractivity contribution in [3.05, 3.63) is 35.9 Å². The number of hydrogen-bond donors (Lipinski definition) is 2. The molecule has 5 heteroatoms. The average Bonchev–Trinajstić information content (AvgIpc) is 2.29. The van der Waals surface area contributed by atoms with Crippen LogP contribution >= 0.6 is 0 Å².